The Morgan fingerprint density at radius 1 is 1.50 bits per heavy atom. The van der Waals surface area contributed by atoms with Crippen LogP contribution in [0.5, 0.6) is 5.75 Å². The standard InChI is InChI=1S/C12H14INO4/c1-7-3-4-8(10(15)5-7)11(16)14-6-9(13)12(17)18-2/h3-5,9,15H,6H2,1-2H3,(H,14,16). The number of hydrogen-bond donors (Lipinski definition) is 2. The predicted octanol–water partition coefficient (Wildman–Crippen LogP) is 1.41. The normalized spacial score (nSPS) is 11.7. The number of carbonyl (C=O) groups excluding carboxylic acids is 2. The summed E-state index contributed by atoms with van der Waals surface area (Å²) in [6.45, 7) is 1.97. The quantitative estimate of drug-likeness (QED) is 0.482. The highest BCUT2D eigenvalue weighted by Gasteiger charge is 2.17. The van der Waals surface area contributed by atoms with Crippen molar-refractivity contribution in [3.63, 3.8) is 0 Å². The molecule has 0 saturated carbocycles. The second-order valence-corrected chi connectivity index (χ2v) is 5.22. The smallest absolute Gasteiger partial charge is 0.320 e. The number of aromatic hydroxyl groups is 1. The summed E-state index contributed by atoms with van der Waals surface area (Å²) in [5, 5.41) is 12.2. The third-order valence-electron chi connectivity index (χ3n) is 2.30. The SMILES string of the molecule is COC(=O)C(I)CNC(=O)c1ccc(C)cc1O. The number of phenols is 1. The third-order valence-corrected chi connectivity index (χ3v) is 3.25. The largest absolute Gasteiger partial charge is 0.507 e. The van der Waals surface area contributed by atoms with E-state index in [1.807, 2.05) is 29.5 Å². The molecule has 0 saturated heterocycles. The lowest BCUT2D eigenvalue weighted by molar-refractivity contribution is -0.139. The Bertz CT molecular complexity index is 461. The number of alkyl halides is 1. The highest BCUT2D eigenvalue weighted by atomic mass is 127. The predicted molar refractivity (Wildman–Crippen MR) is 75.0 cm³/mol. The van der Waals surface area contributed by atoms with Gasteiger partial charge in [0.05, 0.1) is 12.7 Å². The van der Waals surface area contributed by atoms with Crippen LogP contribution in [0, 0.1) is 6.92 Å². The van der Waals surface area contributed by atoms with E-state index in [0.717, 1.165) is 5.56 Å². The van der Waals surface area contributed by atoms with Gasteiger partial charge < -0.3 is 15.2 Å². The molecule has 0 aliphatic heterocycles. The fourth-order valence-corrected chi connectivity index (χ4v) is 1.80. The first-order valence-corrected chi connectivity index (χ1v) is 6.50. The molecule has 0 spiro atoms. The average Bonchev–Trinajstić information content (AvgIpc) is 2.34. The van der Waals surface area contributed by atoms with Crippen LogP contribution in [0.1, 0.15) is 15.9 Å². The first-order valence-electron chi connectivity index (χ1n) is 5.25. The van der Waals surface area contributed by atoms with Crippen LogP contribution in [0.15, 0.2) is 18.2 Å². The van der Waals surface area contributed by atoms with Gasteiger partial charge in [0.25, 0.3) is 5.91 Å². The molecule has 0 aromatic heterocycles. The molecule has 0 heterocycles. The number of methoxy groups -OCH3 is 1. The molecule has 1 unspecified atom stereocenters. The maximum absolute atomic E-state index is 11.8. The van der Waals surface area contributed by atoms with Crippen LogP contribution in [-0.2, 0) is 9.53 Å². The van der Waals surface area contributed by atoms with Gasteiger partial charge in [0.1, 0.15) is 9.67 Å². The van der Waals surface area contributed by atoms with Crippen LogP contribution in [0.4, 0.5) is 0 Å². The minimum absolute atomic E-state index is 0.0735. The van der Waals surface area contributed by atoms with E-state index in [9.17, 15) is 14.7 Å². The van der Waals surface area contributed by atoms with E-state index < -0.39 is 15.8 Å². The monoisotopic (exact) mass is 363 g/mol. The van der Waals surface area contributed by atoms with E-state index in [2.05, 4.69) is 10.1 Å². The van der Waals surface area contributed by atoms with Crippen molar-refractivity contribution < 1.29 is 19.4 Å². The van der Waals surface area contributed by atoms with Crippen molar-refractivity contribution in [1.82, 2.24) is 5.32 Å². The molecule has 1 amide bonds. The summed E-state index contributed by atoms with van der Waals surface area (Å²) in [5.74, 6) is -0.891. The molecule has 1 aromatic rings. The third kappa shape index (κ3) is 3.86. The molecule has 2 N–H and O–H groups in total. The maximum atomic E-state index is 11.8. The number of rotatable bonds is 4. The second kappa shape index (κ2) is 6.58. The molecule has 0 fully saturated rings. The molecular formula is C12H14INO4. The van der Waals surface area contributed by atoms with E-state index in [1.165, 1.54) is 13.2 Å². The molecule has 0 aliphatic rings. The Morgan fingerprint density at radius 3 is 2.72 bits per heavy atom. The summed E-state index contributed by atoms with van der Waals surface area (Å²) in [7, 11) is 1.29. The lowest BCUT2D eigenvalue weighted by Crippen LogP contribution is -2.33. The number of amides is 1. The zero-order valence-corrected chi connectivity index (χ0v) is 12.2. The fourth-order valence-electron chi connectivity index (χ4n) is 1.32. The Kier molecular flexibility index (Phi) is 5.39. The van der Waals surface area contributed by atoms with Gasteiger partial charge in [0.15, 0.2) is 0 Å². The van der Waals surface area contributed by atoms with Gasteiger partial charge in [-0.1, -0.05) is 28.7 Å². The zero-order valence-electron chi connectivity index (χ0n) is 10.1. The number of ether oxygens (including phenoxy) is 1. The molecule has 1 atom stereocenters. The van der Waals surface area contributed by atoms with Crippen molar-refractivity contribution in [2.75, 3.05) is 13.7 Å². The van der Waals surface area contributed by atoms with Crippen molar-refractivity contribution in [3.8, 4) is 5.75 Å². The van der Waals surface area contributed by atoms with Crippen molar-refractivity contribution in [1.29, 1.82) is 0 Å². The van der Waals surface area contributed by atoms with Crippen molar-refractivity contribution >= 4 is 34.5 Å². The second-order valence-electron chi connectivity index (χ2n) is 3.72. The van der Waals surface area contributed by atoms with Crippen LogP contribution >= 0.6 is 22.6 Å². The van der Waals surface area contributed by atoms with Crippen LogP contribution in [0.3, 0.4) is 0 Å². The number of benzene rings is 1. The van der Waals surface area contributed by atoms with E-state index in [-0.39, 0.29) is 17.9 Å². The number of hydrogen-bond acceptors (Lipinski definition) is 4. The highest BCUT2D eigenvalue weighted by molar-refractivity contribution is 14.1. The molecule has 0 radical (unpaired) electrons. The molecule has 1 aromatic carbocycles. The first kappa shape index (κ1) is 14.7. The summed E-state index contributed by atoms with van der Waals surface area (Å²) in [6.07, 6.45) is 0. The summed E-state index contributed by atoms with van der Waals surface area (Å²) in [5.41, 5.74) is 1.06. The average molecular weight is 363 g/mol. The van der Waals surface area contributed by atoms with E-state index >= 15 is 0 Å². The number of esters is 1. The molecule has 0 bridgehead atoms. The summed E-state index contributed by atoms with van der Waals surface area (Å²) < 4.78 is 4.09. The lowest BCUT2D eigenvalue weighted by Gasteiger charge is -2.10. The number of nitrogens with one attached hydrogen (secondary N) is 1. The molecular weight excluding hydrogens is 349 g/mol. The number of halogens is 1. The van der Waals surface area contributed by atoms with Crippen LogP contribution in [-0.4, -0.2) is 34.6 Å². The van der Waals surface area contributed by atoms with Crippen LogP contribution in [0.2, 0.25) is 0 Å². The number of aryl methyl sites for hydroxylation is 1. The highest BCUT2D eigenvalue weighted by Crippen LogP contribution is 2.18. The van der Waals surface area contributed by atoms with Crippen LogP contribution < -0.4 is 5.32 Å². The Hall–Kier alpha value is -1.31. The topological polar surface area (TPSA) is 75.6 Å². The maximum Gasteiger partial charge on any atom is 0.320 e. The van der Waals surface area contributed by atoms with Gasteiger partial charge in [-0.25, -0.2) is 0 Å². The minimum Gasteiger partial charge on any atom is -0.507 e. The van der Waals surface area contributed by atoms with Gasteiger partial charge in [-0.3, -0.25) is 9.59 Å². The van der Waals surface area contributed by atoms with E-state index in [1.54, 1.807) is 12.1 Å². The molecule has 0 aliphatic carbocycles. The Labute approximate surface area is 119 Å². The van der Waals surface area contributed by atoms with Gasteiger partial charge in [0.2, 0.25) is 0 Å². The van der Waals surface area contributed by atoms with Crippen molar-refractivity contribution in [3.05, 3.63) is 29.3 Å². The molecule has 6 heteroatoms. The van der Waals surface area contributed by atoms with Crippen LogP contribution in [0.25, 0.3) is 0 Å². The van der Waals surface area contributed by atoms with Gasteiger partial charge in [-0.2, -0.15) is 0 Å². The number of carbonyl (C=O) groups is 2. The van der Waals surface area contributed by atoms with Gasteiger partial charge in [-0.15, -0.1) is 0 Å². The van der Waals surface area contributed by atoms with Crippen molar-refractivity contribution in [2.24, 2.45) is 0 Å². The minimum atomic E-state index is -0.454. The molecule has 18 heavy (non-hydrogen) atoms. The molecule has 1 rings (SSSR count). The molecule has 98 valence electrons. The summed E-state index contributed by atoms with van der Waals surface area (Å²) >= 11 is 1.88. The summed E-state index contributed by atoms with van der Waals surface area (Å²) in [6, 6.07) is 4.79. The van der Waals surface area contributed by atoms with Gasteiger partial charge >= 0.3 is 5.97 Å². The fraction of sp³-hybridized carbons (Fsp3) is 0.333. The zero-order chi connectivity index (χ0) is 13.7. The van der Waals surface area contributed by atoms with Gasteiger partial charge in [0, 0.05) is 6.54 Å². The molecule has 5 nitrogen and oxygen atoms in total. The van der Waals surface area contributed by atoms with E-state index in [4.69, 9.17) is 0 Å². The number of phenolic OH excluding ortho intramolecular Hbond substituents is 1. The first-order chi connectivity index (χ1) is 8.45. The Morgan fingerprint density at radius 2 is 2.17 bits per heavy atom. The summed E-state index contributed by atoms with van der Waals surface area (Å²) in [4.78, 5) is 22.9. The lowest BCUT2D eigenvalue weighted by atomic mass is 10.1. The van der Waals surface area contributed by atoms with Crippen molar-refractivity contribution in [2.45, 2.75) is 10.8 Å². The van der Waals surface area contributed by atoms with Gasteiger partial charge in [-0.05, 0) is 24.6 Å². The van der Waals surface area contributed by atoms with E-state index in [0.29, 0.717) is 0 Å². The Balaban J connectivity index is 2.63.